The third kappa shape index (κ3) is 2.82. The van der Waals surface area contributed by atoms with Crippen LogP contribution in [0.4, 0.5) is 10.5 Å². The van der Waals surface area contributed by atoms with Crippen LogP contribution in [-0.2, 0) is 19.7 Å². The third-order valence-corrected chi connectivity index (χ3v) is 3.97. The van der Waals surface area contributed by atoms with Crippen LogP contribution in [0.2, 0.25) is 0 Å². The molecule has 108 valence electrons. The largest absolute Gasteiger partial charge is 0.465 e. The molecule has 0 unspecified atom stereocenters. The van der Waals surface area contributed by atoms with Crippen LogP contribution in [-0.4, -0.2) is 45.0 Å². The number of hydrogen-bond donors (Lipinski definition) is 1. The van der Waals surface area contributed by atoms with Gasteiger partial charge < -0.3 is 9.47 Å². The van der Waals surface area contributed by atoms with Crippen molar-refractivity contribution in [3.05, 3.63) is 29.8 Å². The van der Waals surface area contributed by atoms with Gasteiger partial charge in [-0.05, 0) is 24.3 Å². The van der Waals surface area contributed by atoms with E-state index in [0.29, 0.717) is 4.31 Å². The molecule has 1 aromatic rings. The molecular weight excluding hydrogens is 288 g/mol. The molecule has 1 heterocycles. The Kier molecular flexibility index (Phi) is 3.79. The van der Waals surface area contributed by atoms with E-state index in [9.17, 15) is 18.0 Å². The lowest BCUT2D eigenvalue weighted by atomic mass is 10.2. The van der Waals surface area contributed by atoms with Crippen molar-refractivity contribution in [3.63, 3.8) is 0 Å². The van der Waals surface area contributed by atoms with Crippen molar-refractivity contribution in [1.29, 1.82) is 0 Å². The Morgan fingerprint density at radius 3 is 2.50 bits per heavy atom. The monoisotopic (exact) mass is 300 g/mol. The van der Waals surface area contributed by atoms with E-state index in [1.165, 1.54) is 31.4 Å². The highest BCUT2D eigenvalue weighted by atomic mass is 32.2. The van der Waals surface area contributed by atoms with Crippen molar-refractivity contribution in [2.75, 3.05) is 25.0 Å². The Morgan fingerprint density at radius 1 is 1.35 bits per heavy atom. The fourth-order valence-electron chi connectivity index (χ4n) is 1.59. The molecule has 1 saturated heterocycles. The molecule has 1 aromatic carbocycles. The number of cyclic esters (lactones) is 1. The minimum atomic E-state index is -4.01. The molecule has 1 amide bonds. The second-order valence-electron chi connectivity index (χ2n) is 3.86. The maximum absolute atomic E-state index is 11.9. The maximum Gasteiger partial charge on any atom is 0.425 e. The van der Waals surface area contributed by atoms with Crippen LogP contribution in [0, 0.1) is 0 Å². The quantitative estimate of drug-likeness (QED) is 0.816. The molecule has 0 aliphatic carbocycles. The van der Waals surface area contributed by atoms with E-state index in [1.54, 1.807) is 0 Å². The summed E-state index contributed by atoms with van der Waals surface area (Å²) in [7, 11) is -2.76. The van der Waals surface area contributed by atoms with Crippen molar-refractivity contribution in [2.45, 2.75) is 0 Å². The molecule has 1 aliphatic rings. The van der Waals surface area contributed by atoms with Gasteiger partial charge in [0.15, 0.2) is 0 Å². The number of nitrogens with zero attached hydrogens (tertiary/aromatic N) is 1. The van der Waals surface area contributed by atoms with Crippen LogP contribution in [0.5, 0.6) is 0 Å². The predicted molar refractivity (Wildman–Crippen MR) is 68.4 cm³/mol. The molecule has 1 N–H and O–H groups in total. The van der Waals surface area contributed by atoms with Crippen molar-refractivity contribution in [1.82, 2.24) is 4.31 Å². The number of hydrogen-bond acceptors (Lipinski definition) is 6. The highest BCUT2D eigenvalue weighted by molar-refractivity contribution is 7.90. The van der Waals surface area contributed by atoms with Crippen molar-refractivity contribution in [3.8, 4) is 0 Å². The molecule has 0 radical (unpaired) electrons. The molecule has 2 rings (SSSR count). The van der Waals surface area contributed by atoms with Crippen LogP contribution < -0.4 is 4.72 Å². The summed E-state index contributed by atoms with van der Waals surface area (Å²) in [5, 5.41) is 0. The topological polar surface area (TPSA) is 102 Å². The van der Waals surface area contributed by atoms with E-state index < -0.39 is 22.3 Å². The van der Waals surface area contributed by atoms with E-state index in [2.05, 4.69) is 14.2 Å². The van der Waals surface area contributed by atoms with Gasteiger partial charge in [0.25, 0.3) is 0 Å². The van der Waals surface area contributed by atoms with Crippen LogP contribution in [0.1, 0.15) is 10.4 Å². The van der Waals surface area contributed by atoms with Gasteiger partial charge in [0, 0.05) is 0 Å². The van der Waals surface area contributed by atoms with Crippen molar-refractivity contribution < 1.29 is 27.5 Å². The molecular formula is C11H12N2O6S. The lowest BCUT2D eigenvalue weighted by Gasteiger charge is -2.15. The summed E-state index contributed by atoms with van der Waals surface area (Å²) in [4.78, 5) is 22.4. The van der Waals surface area contributed by atoms with Crippen molar-refractivity contribution >= 4 is 28.0 Å². The first-order valence-electron chi connectivity index (χ1n) is 5.59. The highest BCUT2D eigenvalue weighted by Crippen LogP contribution is 2.16. The van der Waals surface area contributed by atoms with E-state index in [-0.39, 0.29) is 24.4 Å². The Bertz CT molecular complexity index is 625. The Labute approximate surface area is 115 Å². The maximum atomic E-state index is 11.9. The zero-order valence-electron chi connectivity index (χ0n) is 10.5. The first kappa shape index (κ1) is 14.1. The number of anilines is 1. The number of esters is 1. The zero-order chi connectivity index (χ0) is 14.8. The molecule has 1 fully saturated rings. The standard InChI is InChI=1S/C11H12N2O6S/c1-18-10(14)8-2-4-9(5-3-8)12-20(16,17)13-6-7-19-11(13)15/h2-5,12H,6-7H2,1H3. The molecule has 0 aromatic heterocycles. The molecule has 9 heteroatoms. The molecule has 0 bridgehead atoms. The van der Waals surface area contributed by atoms with Gasteiger partial charge in [0.2, 0.25) is 0 Å². The second-order valence-corrected chi connectivity index (χ2v) is 5.46. The van der Waals surface area contributed by atoms with Gasteiger partial charge >= 0.3 is 22.3 Å². The summed E-state index contributed by atoms with van der Waals surface area (Å²) in [5.41, 5.74) is 0.508. The SMILES string of the molecule is COC(=O)c1ccc(NS(=O)(=O)N2CCOC2=O)cc1. The lowest BCUT2D eigenvalue weighted by Crippen LogP contribution is -2.36. The minimum Gasteiger partial charge on any atom is -0.465 e. The molecule has 8 nitrogen and oxygen atoms in total. The number of benzene rings is 1. The minimum absolute atomic E-state index is 0.0288. The number of methoxy groups -OCH3 is 1. The average molecular weight is 300 g/mol. The second kappa shape index (κ2) is 5.37. The van der Waals surface area contributed by atoms with Crippen LogP contribution >= 0.6 is 0 Å². The van der Waals surface area contributed by atoms with Gasteiger partial charge in [0.05, 0.1) is 24.9 Å². The van der Waals surface area contributed by atoms with E-state index in [0.717, 1.165) is 0 Å². The van der Waals surface area contributed by atoms with Gasteiger partial charge in [-0.15, -0.1) is 0 Å². The van der Waals surface area contributed by atoms with E-state index >= 15 is 0 Å². The number of carbonyl (C=O) groups is 2. The number of nitrogens with one attached hydrogen (secondary N) is 1. The van der Waals surface area contributed by atoms with Gasteiger partial charge in [-0.2, -0.15) is 12.7 Å². The van der Waals surface area contributed by atoms with Gasteiger partial charge in [0.1, 0.15) is 6.61 Å². The smallest absolute Gasteiger partial charge is 0.425 e. The number of amides is 1. The number of rotatable bonds is 4. The molecule has 20 heavy (non-hydrogen) atoms. The number of carbonyl (C=O) groups excluding carboxylic acids is 2. The summed E-state index contributed by atoms with van der Waals surface area (Å²) in [6, 6.07) is 5.61. The van der Waals surface area contributed by atoms with Gasteiger partial charge in [-0.3, -0.25) is 4.72 Å². The van der Waals surface area contributed by atoms with Crippen LogP contribution in [0.25, 0.3) is 0 Å². The first-order chi connectivity index (χ1) is 9.44. The zero-order valence-corrected chi connectivity index (χ0v) is 11.3. The average Bonchev–Trinajstić information content (AvgIpc) is 2.85. The molecule has 0 saturated carbocycles. The number of ether oxygens (including phenoxy) is 2. The summed E-state index contributed by atoms with van der Waals surface area (Å²) in [5.74, 6) is -0.525. The van der Waals surface area contributed by atoms with Crippen LogP contribution in [0.15, 0.2) is 24.3 Å². The van der Waals surface area contributed by atoms with E-state index in [1.807, 2.05) is 0 Å². The third-order valence-electron chi connectivity index (χ3n) is 2.57. The fourth-order valence-corrected chi connectivity index (χ4v) is 2.70. The van der Waals surface area contributed by atoms with Crippen molar-refractivity contribution in [2.24, 2.45) is 0 Å². The van der Waals surface area contributed by atoms with Gasteiger partial charge in [-0.1, -0.05) is 0 Å². The molecule has 0 atom stereocenters. The van der Waals surface area contributed by atoms with Crippen LogP contribution in [0.3, 0.4) is 0 Å². The first-order valence-corrected chi connectivity index (χ1v) is 7.03. The summed E-state index contributed by atoms with van der Waals surface area (Å²) in [6.07, 6.45) is -0.913. The Morgan fingerprint density at radius 2 is 2.00 bits per heavy atom. The van der Waals surface area contributed by atoms with Gasteiger partial charge in [-0.25, -0.2) is 9.59 Å². The molecule has 1 aliphatic heterocycles. The highest BCUT2D eigenvalue weighted by Gasteiger charge is 2.33. The fraction of sp³-hybridized carbons (Fsp3) is 0.273. The lowest BCUT2D eigenvalue weighted by molar-refractivity contribution is 0.0600. The summed E-state index contributed by atoms with van der Waals surface area (Å²) >= 11 is 0. The molecule has 0 spiro atoms. The Balaban J connectivity index is 2.13. The predicted octanol–water partition coefficient (Wildman–Crippen LogP) is 0.582. The van der Waals surface area contributed by atoms with E-state index in [4.69, 9.17) is 0 Å². The summed E-state index contributed by atoms with van der Waals surface area (Å²) < 4.78 is 35.7. The normalized spacial score (nSPS) is 14.8. The Hall–Kier alpha value is -2.29. The summed E-state index contributed by atoms with van der Waals surface area (Å²) in [6.45, 7) is -0.00453.